The lowest BCUT2D eigenvalue weighted by Gasteiger charge is -2.10. The lowest BCUT2D eigenvalue weighted by Crippen LogP contribution is -2.15. The summed E-state index contributed by atoms with van der Waals surface area (Å²) in [5, 5.41) is 8.56. The molecule has 0 radical (unpaired) electrons. The van der Waals surface area contributed by atoms with Crippen molar-refractivity contribution in [3.05, 3.63) is 35.4 Å². The summed E-state index contributed by atoms with van der Waals surface area (Å²) >= 11 is 0. The number of hydrogen-bond donors (Lipinski definition) is 1. The van der Waals surface area contributed by atoms with Crippen LogP contribution in [0.1, 0.15) is 29.9 Å². The predicted molar refractivity (Wildman–Crippen MR) is 66.5 cm³/mol. The maximum Gasteiger partial charge on any atom is 0.0596 e. The van der Waals surface area contributed by atoms with Crippen LogP contribution in [0.25, 0.3) is 0 Å². The molecule has 0 bridgehead atoms. The fraction of sp³-hybridized carbons (Fsp3) is 0.500. The first kappa shape index (κ1) is 11.9. The lowest BCUT2D eigenvalue weighted by atomic mass is 10.1. The van der Waals surface area contributed by atoms with Crippen molar-refractivity contribution in [3.8, 4) is 0 Å². The summed E-state index contributed by atoms with van der Waals surface area (Å²) in [5.41, 5.74) is 9.47. The van der Waals surface area contributed by atoms with E-state index in [2.05, 4.69) is 23.2 Å². The molecule has 0 fully saturated rings. The molecule has 0 aliphatic rings. The standard InChI is InChI=1S/C12H19N5/c1-4-17-11(5-9(2)15-17)6-12(13)10-7-14-16(3)8-10/h5,7-8,12H,4,6,13H2,1-3H3. The summed E-state index contributed by atoms with van der Waals surface area (Å²) in [4.78, 5) is 0. The Hall–Kier alpha value is -1.62. The van der Waals surface area contributed by atoms with Crippen LogP contribution in [0.3, 0.4) is 0 Å². The molecule has 17 heavy (non-hydrogen) atoms. The van der Waals surface area contributed by atoms with Crippen molar-refractivity contribution in [2.24, 2.45) is 12.8 Å². The Balaban J connectivity index is 2.14. The molecular formula is C12H19N5. The monoisotopic (exact) mass is 233 g/mol. The Morgan fingerprint density at radius 2 is 2.24 bits per heavy atom. The van der Waals surface area contributed by atoms with E-state index in [-0.39, 0.29) is 6.04 Å². The number of aromatic nitrogens is 4. The van der Waals surface area contributed by atoms with Crippen LogP contribution >= 0.6 is 0 Å². The molecule has 2 N–H and O–H groups in total. The maximum absolute atomic E-state index is 6.18. The van der Waals surface area contributed by atoms with E-state index in [1.165, 1.54) is 5.69 Å². The zero-order valence-electron chi connectivity index (χ0n) is 10.6. The normalized spacial score (nSPS) is 12.9. The third-order valence-corrected chi connectivity index (χ3v) is 2.87. The van der Waals surface area contributed by atoms with Crippen molar-refractivity contribution in [1.29, 1.82) is 0 Å². The first-order valence-corrected chi connectivity index (χ1v) is 5.87. The van der Waals surface area contributed by atoms with Gasteiger partial charge in [0.2, 0.25) is 0 Å². The summed E-state index contributed by atoms with van der Waals surface area (Å²) in [6.45, 7) is 4.97. The summed E-state index contributed by atoms with van der Waals surface area (Å²) in [6, 6.07) is 2.07. The van der Waals surface area contributed by atoms with Crippen LogP contribution in [-0.2, 0) is 20.0 Å². The zero-order valence-corrected chi connectivity index (χ0v) is 10.6. The minimum atomic E-state index is -0.0231. The van der Waals surface area contributed by atoms with Gasteiger partial charge in [0.15, 0.2) is 0 Å². The number of rotatable bonds is 4. The molecule has 0 aliphatic carbocycles. The average Bonchev–Trinajstić information content (AvgIpc) is 2.85. The Bertz CT molecular complexity index is 497. The number of hydrogen-bond acceptors (Lipinski definition) is 3. The highest BCUT2D eigenvalue weighted by atomic mass is 15.3. The largest absolute Gasteiger partial charge is 0.324 e. The molecular weight excluding hydrogens is 214 g/mol. The van der Waals surface area contributed by atoms with E-state index in [0.717, 1.165) is 24.2 Å². The summed E-state index contributed by atoms with van der Waals surface area (Å²) in [7, 11) is 1.90. The summed E-state index contributed by atoms with van der Waals surface area (Å²) in [5.74, 6) is 0. The van der Waals surface area contributed by atoms with Gasteiger partial charge in [-0.15, -0.1) is 0 Å². The van der Waals surface area contributed by atoms with Gasteiger partial charge < -0.3 is 5.73 Å². The summed E-state index contributed by atoms with van der Waals surface area (Å²) < 4.78 is 3.78. The Kier molecular flexibility index (Phi) is 3.28. The minimum Gasteiger partial charge on any atom is -0.324 e. The first-order chi connectivity index (χ1) is 8.10. The molecule has 0 saturated heterocycles. The highest BCUT2D eigenvalue weighted by Crippen LogP contribution is 2.16. The van der Waals surface area contributed by atoms with Gasteiger partial charge in [0.05, 0.1) is 11.9 Å². The van der Waals surface area contributed by atoms with Gasteiger partial charge in [0, 0.05) is 43.5 Å². The van der Waals surface area contributed by atoms with Gasteiger partial charge in [-0.3, -0.25) is 9.36 Å². The molecule has 2 heterocycles. The molecule has 1 atom stereocenters. The van der Waals surface area contributed by atoms with E-state index in [4.69, 9.17) is 5.73 Å². The fourth-order valence-electron chi connectivity index (χ4n) is 2.01. The lowest BCUT2D eigenvalue weighted by molar-refractivity contribution is 0.587. The van der Waals surface area contributed by atoms with Gasteiger partial charge in [-0.2, -0.15) is 10.2 Å². The van der Waals surface area contributed by atoms with Gasteiger partial charge in [0.25, 0.3) is 0 Å². The number of aryl methyl sites for hydroxylation is 3. The van der Waals surface area contributed by atoms with Gasteiger partial charge in [0.1, 0.15) is 0 Å². The second-order valence-corrected chi connectivity index (χ2v) is 4.35. The number of nitrogens with two attached hydrogens (primary N) is 1. The molecule has 0 aliphatic heterocycles. The highest BCUT2D eigenvalue weighted by molar-refractivity contribution is 5.16. The Morgan fingerprint density at radius 3 is 2.82 bits per heavy atom. The third-order valence-electron chi connectivity index (χ3n) is 2.87. The zero-order chi connectivity index (χ0) is 12.4. The predicted octanol–water partition coefficient (Wildman–Crippen LogP) is 1.19. The minimum absolute atomic E-state index is 0.0231. The second kappa shape index (κ2) is 4.71. The molecule has 2 aromatic rings. The van der Waals surface area contributed by atoms with Crippen molar-refractivity contribution in [2.75, 3.05) is 0 Å². The maximum atomic E-state index is 6.18. The fourth-order valence-corrected chi connectivity index (χ4v) is 2.01. The van der Waals surface area contributed by atoms with E-state index in [1.807, 2.05) is 31.0 Å². The van der Waals surface area contributed by atoms with E-state index < -0.39 is 0 Å². The third kappa shape index (κ3) is 2.55. The van der Waals surface area contributed by atoms with Crippen molar-refractivity contribution < 1.29 is 0 Å². The highest BCUT2D eigenvalue weighted by Gasteiger charge is 2.12. The van der Waals surface area contributed by atoms with Crippen molar-refractivity contribution in [3.63, 3.8) is 0 Å². The topological polar surface area (TPSA) is 61.7 Å². The SMILES string of the molecule is CCn1nc(C)cc1CC(N)c1cnn(C)c1. The van der Waals surface area contributed by atoms with Crippen LogP contribution in [0.15, 0.2) is 18.5 Å². The molecule has 0 spiro atoms. The molecule has 0 amide bonds. The Labute approximate surface area is 101 Å². The molecule has 5 nitrogen and oxygen atoms in total. The second-order valence-electron chi connectivity index (χ2n) is 4.35. The molecule has 1 unspecified atom stereocenters. The average molecular weight is 233 g/mol. The molecule has 0 aromatic carbocycles. The van der Waals surface area contributed by atoms with E-state index in [9.17, 15) is 0 Å². The number of nitrogens with zero attached hydrogens (tertiary/aromatic N) is 4. The molecule has 2 rings (SSSR count). The van der Waals surface area contributed by atoms with E-state index >= 15 is 0 Å². The van der Waals surface area contributed by atoms with Crippen molar-refractivity contribution in [2.45, 2.75) is 32.9 Å². The van der Waals surface area contributed by atoms with Crippen molar-refractivity contribution >= 4 is 0 Å². The van der Waals surface area contributed by atoms with Gasteiger partial charge in [-0.1, -0.05) is 0 Å². The van der Waals surface area contributed by atoms with Crippen LogP contribution < -0.4 is 5.73 Å². The van der Waals surface area contributed by atoms with Crippen LogP contribution in [0.2, 0.25) is 0 Å². The smallest absolute Gasteiger partial charge is 0.0596 e. The van der Waals surface area contributed by atoms with Crippen LogP contribution in [0.4, 0.5) is 0 Å². The first-order valence-electron chi connectivity index (χ1n) is 5.87. The van der Waals surface area contributed by atoms with Crippen LogP contribution in [-0.4, -0.2) is 19.6 Å². The van der Waals surface area contributed by atoms with Gasteiger partial charge in [-0.25, -0.2) is 0 Å². The van der Waals surface area contributed by atoms with Crippen molar-refractivity contribution in [1.82, 2.24) is 19.6 Å². The van der Waals surface area contributed by atoms with E-state index in [1.54, 1.807) is 4.68 Å². The van der Waals surface area contributed by atoms with E-state index in [0.29, 0.717) is 0 Å². The Morgan fingerprint density at radius 1 is 1.47 bits per heavy atom. The molecule has 5 heteroatoms. The quantitative estimate of drug-likeness (QED) is 0.862. The molecule has 92 valence electrons. The summed E-state index contributed by atoms with van der Waals surface area (Å²) in [6.07, 6.45) is 4.58. The van der Waals surface area contributed by atoms with Crippen LogP contribution in [0, 0.1) is 6.92 Å². The van der Waals surface area contributed by atoms with Crippen LogP contribution in [0.5, 0.6) is 0 Å². The molecule has 2 aromatic heterocycles. The molecule has 0 saturated carbocycles. The van der Waals surface area contributed by atoms with Gasteiger partial charge in [-0.05, 0) is 19.9 Å². The van der Waals surface area contributed by atoms with Gasteiger partial charge >= 0.3 is 0 Å².